The number of cyclic esters (lactones) is 1. The molecule has 6 heteroatoms. The van der Waals surface area contributed by atoms with Crippen LogP contribution in [0.2, 0.25) is 0 Å². The Morgan fingerprint density at radius 2 is 1.85 bits per heavy atom. The number of benzene rings is 2. The van der Waals surface area contributed by atoms with Gasteiger partial charge in [-0.25, -0.2) is 13.6 Å². The summed E-state index contributed by atoms with van der Waals surface area (Å²) in [5, 5.41) is 4.00. The third-order valence-corrected chi connectivity index (χ3v) is 3.19. The standard InChI is InChI=1S/C14H11F2NO2.ClH/c15-14(16)8-19-13(18)17-12(14)11-6-5-9-3-1-2-4-10(9)7-11;/h1-7,12H,8H2,(H,17,18);1H/t12-;/m1./s1. The molecule has 2 aromatic carbocycles. The molecule has 0 saturated carbocycles. The second-order valence-electron chi connectivity index (χ2n) is 4.52. The van der Waals surface area contributed by atoms with Crippen LogP contribution in [0.25, 0.3) is 10.8 Å². The molecule has 106 valence electrons. The van der Waals surface area contributed by atoms with Gasteiger partial charge in [0.15, 0.2) is 6.61 Å². The van der Waals surface area contributed by atoms with Gasteiger partial charge < -0.3 is 10.1 Å². The molecule has 3 nitrogen and oxygen atoms in total. The summed E-state index contributed by atoms with van der Waals surface area (Å²) >= 11 is 0. The van der Waals surface area contributed by atoms with Crippen molar-refractivity contribution in [1.29, 1.82) is 0 Å². The molecular weight excluding hydrogens is 288 g/mol. The van der Waals surface area contributed by atoms with Crippen molar-refractivity contribution in [1.82, 2.24) is 5.32 Å². The molecule has 0 unspecified atom stereocenters. The number of fused-ring (bicyclic) bond motifs is 1. The number of hydrogen-bond acceptors (Lipinski definition) is 2. The Labute approximate surface area is 120 Å². The van der Waals surface area contributed by atoms with Gasteiger partial charge in [-0.15, -0.1) is 12.4 Å². The molecule has 0 bridgehead atoms. The largest absolute Gasteiger partial charge is 0.443 e. The summed E-state index contributed by atoms with van der Waals surface area (Å²) in [7, 11) is 0. The van der Waals surface area contributed by atoms with E-state index in [-0.39, 0.29) is 12.4 Å². The second kappa shape index (κ2) is 5.25. The van der Waals surface area contributed by atoms with Crippen LogP contribution in [0.5, 0.6) is 0 Å². The van der Waals surface area contributed by atoms with Crippen LogP contribution in [-0.2, 0) is 4.74 Å². The van der Waals surface area contributed by atoms with Crippen LogP contribution in [0.15, 0.2) is 42.5 Å². The molecule has 0 spiro atoms. The summed E-state index contributed by atoms with van der Waals surface area (Å²) in [6.07, 6.45) is -0.816. The molecule has 0 aliphatic carbocycles. The zero-order valence-corrected chi connectivity index (χ0v) is 11.1. The number of ether oxygens (including phenoxy) is 1. The Balaban J connectivity index is 0.00000147. The molecule has 1 saturated heterocycles. The Bertz CT molecular complexity index is 648. The van der Waals surface area contributed by atoms with Crippen LogP contribution in [0.1, 0.15) is 11.6 Å². The molecule has 1 N–H and O–H groups in total. The van der Waals surface area contributed by atoms with Crippen molar-refractivity contribution < 1.29 is 18.3 Å². The van der Waals surface area contributed by atoms with E-state index in [9.17, 15) is 13.6 Å². The molecule has 1 amide bonds. The lowest BCUT2D eigenvalue weighted by Crippen LogP contribution is -2.49. The lowest BCUT2D eigenvalue weighted by atomic mass is 9.97. The first-order valence-corrected chi connectivity index (χ1v) is 5.86. The van der Waals surface area contributed by atoms with Crippen LogP contribution in [0.3, 0.4) is 0 Å². The highest BCUT2D eigenvalue weighted by molar-refractivity contribution is 5.85. The molecular formula is C14H12ClF2NO2. The fourth-order valence-corrected chi connectivity index (χ4v) is 2.22. The molecule has 20 heavy (non-hydrogen) atoms. The zero-order valence-electron chi connectivity index (χ0n) is 10.3. The predicted molar refractivity (Wildman–Crippen MR) is 73.4 cm³/mol. The first-order valence-electron chi connectivity index (χ1n) is 5.86. The van der Waals surface area contributed by atoms with Crippen LogP contribution < -0.4 is 5.32 Å². The van der Waals surface area contributed by atoms with E-state index < -0.39 is 24.7 Å². The molecule has 0 radical (unpaired) electrons. The average molecular weight is 300 g/mol. The summed E-state index contributed by atoms with van der Waals surface area (Å²) in [6.45, 7) is -0.893. The third kappa shape index (κ3) is 2.54. The third-order valence-electron chi connectivity index (χ3n) is 3.19. The molecule has 0 aromatic heterocycles. The van der Waals surface area contributed by atoms with Crippen molar-refractivity contribution in [3.8, 4) is 0 Å². The Morgan fingerprint density at radius 1 is 1.15 bits per heavy atom. The minimum absolute atomic E-state index is 0. The Morgan fingerprint density at radius 3 is 2.60 bits per heavy atom. The summed E-state index contributed by atoms with van der Waals surface area (Å²) in [6, 6.07) is 11.2. The van der Waals surface area contributed by atoms with Gasteiger partial charge in [-0.2, -0.15) is 0 Å². The number of amides is 1. The molecule has 3 rings (SSSR count). The van der Waals surface area contributed by atoms with Crippen LogP contribution >= 0.6 is 12.4 Å². The highest BCUT2D eigenvalue weighted by Gasteiger charge is 2.46. The van der Waals surface area contributed by atoms with Crippen molar-refractivity contribution in [2.45, 2.75) is 12.0 Å². The van der Waals surface area contributed by atoms with Crippen molar-refractivity contribution in [3.05, 3.63) is 48.0 Å². The van der Waals surface area contributed by atoms with E-state index in [4.69, 9.17) is 0 Å². The SMILES string of the molecule is Cl.O=C1N[C@H](c2ccc3ccccc3c2)C(F)(F)CO1. The van der Waals surface area contributed by atoms with Crippen molar-refractivity contribution in [3.63, 3.8) is 0 Å². The number of hydrogen-bond donors (Lipinski definition) is 1. The van der Waals surface area contributed by atoms with Crippen LogP contribution in [0, 0.1) is 0 Å². The summed E-state index contributed by atoms with van der Waals surface area (Å²) in [5.74, 6) is -3.11. The Kier molecular flexibility index (Phi) is 3.81. The van der Waals surface area contributed by atoms with Gasteiger partial charge in [-0.3, -0.25) is 0 Å². The number of halogens is 3. The fraction of sp³-hybridized carbons (Fsp3) is 0.214. The summed E-state index contributed by atoms with van der Waals surface area (Å²) in [5.41, 5.74) is 0.375. The summed E-state index contributed by atoms with van der Waals surface area (Å²) in [4.78, 5) is 11.1. The predicted octanol–water partition coefficient (Wildman–Crippen LogP) is 3.68. The first kappa shape index (κ1) is 14.5. The van der Waals surface area contributed by atoms with E-state index in [2.05, 4.69) is 10.1 Å². The number of nitrogens with one attached hydrogen (secondary N) is 1. The molecule has 1 aliphatic heterocycles. The molecule has 1 aliphatic rings. The van der Waals surface area contributed by atoms with Gasteiger partial charge in [0.2, 0.25) is 0 Å². The molecule has 1 atom stereocenters. The van der Waals surface area contributed by atoms with E-state index in [0.717, 1.165) is 10.8 Å². The Hall–Kier alpha value is -1.88. The van der Waals surface area contributed by atoms with Gasteiger partial charge in [0.1, 0.15) is 6.04 Å². The minimum atomic E-state index is -3.11. The first-order chi connectivity index (χ1) is 9.06. The van der Waals surface area contributed by atoms with Gasteiger partial charge in [-0.1, -0.05) is 36.4 Å². The lowest BCUT2D eigenvalue weighted by molar-refractivity contribution is -0.104. The zero-order chi connectivity index (χ0) is 13.5. The van der Waals surface area contributed by atoms with E-state index in [0.29, 0.717) is 5.56 Å². The maximum atomic E-state index is 13.8. The van der Waals surface area contributed by atoms with Crippen LogP contribution in [-0.4, -0.2) is 18.6 Å². The highest BCUT2D eigenvalue weighted by Crippen LogP contribution is 2.35. The number of carbonyl (C=O) groups excluding carboxylic acids is 1. The monoisotopic (exact) mass is 299 g/mol. The van der Waals surface area contributed by atoms with Gasteiger partial charge in [0.25, 0.3) is 0 Å². The van der Waals surface area contributed by atoms with Crippen molar-refractivity contribution in [2.24, 2.45) is 0 Å². The topological polar surface area (TPSA) is 38.3 Å². The number of rotatable bonds is 1. The molecule has 1 fully saturated rings. The van der Waals surface area contributed by atoms with Gasteiger partial charge in [-0.05, 0) is 22.4 Å². The van der Waals surface area contributed by atoms with Crippen LogP contribution in [0.4, 0.5) is 13.6 Å². The van der Waals surface area contributed by atoms with E-state index in [1.54, 1.807) is 18.2 Å². The summed E-state index contributed by atoms with van der Waals surface area (Å²) < 4.78 is 31.9. The second-order valence-corrected chi connectivity index (χ2v) is 4.52. The number of carbonyl (C=O) groups is 1. The lowest BCUT2D eigenvalue weighted by Gasteiger charge is -2.31. The fourth-order valence-electron chi connectivity index (χ4n) is 2.22. The van der Waals surface area contributed by atoms with Gasteiger partial charge in [0.05, 0.1) is 0 Å². The minimum Gasteiger partial charge on any atom is -0.443 e. The average Bonchev–Trinajstić information content (AvgIpc) is 2.41. The number of alkyl halides is 2. The highest BCUT2D eigenvalue weighted by atomic mass is 35.5. The van der Waals surface area contributed by atoms with Gasteiger partial charge >= 0.3 is 12.0 Å². The van der Waals surface area contributed by atoms with E-state index in [1.165, 1.54) is 0 Å². The normalized spacial score (nSPS) is 20.7. The van der Waals surface area contributed by atoms with Crippen molar-refractivity contribution >= 4 is 29.3 Å². The maximum absolute atomic E-state index is 13.8. The molecule has 1 heterocycles. The van der Waals surface area contributed by atoms with E-state index in [1.807, 2.05) is 24.3 Å². The van der Waals surface area contributed by atoms with Crippen molar-refractivity contribution in [2.75, 3.05) is 6.61 Å². The molecule has 2 aromatic rings. The number of alkyl carbamates (subject to hydrolysis) is 1. The maximum Gasteiger partial charge on any atom is 0.408 e. The van der Waals surface area contributed by atoms with E-state index >= 15 is 0 Å². The quantitative estimate of drug-likeness (QED) is 0.872. The smallest absolute Gasteiger partial charge is 0.408 e. The van der Waals surface area contributed by atoms with Gasteiger partial charge in [0, 0.05) is 0 Å².